The lowest BCUT2D eigenvalue weighted by Gasteiger charge is -2.44. The van der Waals surface area contributed by atoms with Crippen LogP contribution in [-0.4, -0.2) is 64.7 Å². The summed E-state index contributed by atoms with van der Waals surface area (Å²) in [6, 6.07) is 3.59. The van der Waals surface area contributed by atoms with E-state index < -0.39 is 12.1 Å². The molecule has 4 rings (SSSR count). The molecule has 0 aromatic carbocycles. The standard InChI is InChI=1S/C17H24N2O2.C2HF3O2/c20-16(15-3-1-12-21-15)19-9-2-6-17(19)7-10-18(11-8-17)13-14-4-5-14;3-2(4,5)1(6)7/h1,3,12,14H,2,4-11,13H2;(H,6,7). The van der Waals surface area contributed by atoms with Crippen LogP contribution >= 0.6 is 0 Å². The second-order valence-corrected chi connectivity index (χ2v) is 7.81. The number of rotatable bonds is 3. The van der Waals surface area contributed by atoms with Gasteiger partial charge in [-0.15, -0.1) is 0 Å². The maximum atomic E-state index is 12.7. The van der Waals surface area contributed by atoms with Crippen LogP contribution in [0.1, 0.15) is 49.1 Å². The molecule has 1 aromatic heterocycles. The first kappa shape index (κ1) is 20.7. The topological polar surface area (TPSA) is 74.0 Å². The number of aliphatic carboxylic acids is 1. The molecule has 9 heteroatoms. The smallest absolute Gasteiger partial charge is 0.475 e. The van der Waals surface area contributed by atoms with Gasteiger partial charge in [-0.05, 0) is 56.6 Å². The normalized spacial score (nSPS) is 22.0. The molecule has 1 saturated carbocycles. The average Bonchev–Trinajstić information content (AvgIpc) is 3.13. The summed E-state index contributed by atoms with van der Waals surface area (Å²) in [7, 11) is 0. The summed E-state index contributed by atoms with van der Waals surface area (Å²) in [6.45, 7) is 4.47. The summed E-state index contributed by atoms with van der Waals surface area (Å²) >= 11 is 0. The number of amides is 1. The van der Waals surface area contributed by atoms with Gasteiger partial charge in [0.25, 0.3) is 5.91 Å². The number of hydrogen-bond donors (Lipinski definition) is 1. The summed E-state index contributed by atoms with van der Waals surface area (Å²) in [5.74, 6) is -1.21. The quantitative estimate of drug-likeness (QED) is 0.839. The van der Waals surface area contributed by atoms with Gasteiger partial charge in [0.15, 0.2) is 5.76 Å². The number of carbonyl (C=O) groups is 2. The van der Waals surface area contributed by atoms with Gasteiger partial charge in [0.1, 0.15) is 0 Å². The van der Waals surface area contributed by atoms with Crippen LogP contribution in [0.15, 0.2) is 22.8 Å². The van der Waals surface area contributed by atoms with Crippen molar-refractivity contribution in [2.45, 2.75) is 50.2 Å². The SMILES string of the molecule is O=C(O)C(F)(F)F.O=C(c1ccco1)N1CCCC12CCN(CC1CC1)CC2. The van der Waals surface area contributed by atoms with Crippen LogP contribution in [0, 0.1) is 5.92 Å². The molecule has 0 radical (unpaired) electrons. The van der Waals surface area contributed by atoms with Gasteiger partial charge >= 0.3 is 12.1 Å². The van der Waals surface area contributed by atoms with Crippen molar-refractivity contribution in [3.05, 3.63) is 24.2 Å². The summed E-state index contributed by atoms with van der Waals surface area (Å²) in [5, 5.41) is 7.12. The molecule has 6 nitrogen and oxygen atoms in total. The van der Waals surface area contributed by atoms with Crippen LogP contribution in [0.2, 0.25) is 0 Å². The molecule has 1 spiro atoms. The first-order valence-electron chi connectivity index (χ1n) is 9.59. The number of carbonyl (C=O) groups excluding carboxylic acids is 1. The minimum atomic E-state index is -5.08. The molecule has 3 fully saturated rings. The minimum absolute atomic E-state index is 0.0909. The fourth-order valence-corrected chi connectivity index (χ4v) is 4.13. The van der Waals surface area contributed by atoms with Gasteiger partial charge in [0.2, 0.25) is 0 Å². The number of carboxylic acid groups (broad SMARTS) is 1. The zero-order chi connectivity index (χ0) is 20.4. The van der Waals surface area contributed by atoms with E-state index in [0.29, 0.717) is 5.76 Å². The highest BCUT2D eigenvalue weighted by Gasteiger charge is 2.46. The lowest BCUT2D eigenvalue weighted by atomic mass is 9.84. The first-order chi connectivity index (χ1) is 13.2. The Kier molecular flexibility index (Phi) is 6.02. The van der Waals surface area contributed by atoms with Gasteiger partial charge < -0.3 is 19.3 Å². The van der Waals surface area contributed by atoms with Crippen molar-refractivity contribution in [2.24, 2.45) is 5.92 Å². The molecule has 1 aromatic rings. The number of furan rings is 1. The van der Waals surface area contributed by atoms with Crippen LogP contribution in [0.5, 0.6) is 0 Å². The number of piperidine rings is 1. The number of alkyl halides is 3. The van der Waals surface area contributed by atoms with Crippen LogP contribution in [-0.2, 0) is 4.79 Å². The summed E-state index contributed by atoms with van der Waals surface area (Å²) in [4.78, 5) is 26.3. The third kappa shape index (κ3) is 4.87. The zero-order valence-corrected chi connectivity index (χ0v) is 15.6. The maximum Gasteiger partial charge on any atom is 0.490 e. The predicted octanol–water partition coefficient (Wildman–Crippen LogP) is 3.39. The molecule has 2 aliphatic heterocycles. The third-order valence-corrected chi connectivity index (χ3v) is 5.82. The number of carboxylic acids is 1. The lowest BCUT2D eigenvalue weighted by molar-refractivity contribution is -0.192. The number of nitrogens with zero attached hydrogens (tertiary/aromatic N) is 2. The second-order valence-electron chi connectivity index (χ2n) is 7.81. The monoisotopic (exact) mass is 402 g/mol. The molecular weight excluding hydrogens is 377 g/mol. The van der Waals surface area contributed by atoms with E-state index in [1.807, 2.05) is 0 Å². The molecule has 156 valence electrons. The zero-order valence-electron chi connectivity index (χ0n) is 15.6. The van der Waals surface area contributed by atoms with E-state index in [0.717, 1.165) is 51.2 Å². The van der Waals surface area contributed by atoms with E-state index in [4.69, 9.17) is 14.3 Å². The van der Waals surface area contributed by atoms with Gasteiger partial charge in [-0.1, -0.05) is 0 Å². The van der Waals surface area contributed by atoms with E-state index in [2.05, 4.69) is 9.80 Å². The highest BCUT2D eigenvalue weighted by Crippen LogP contribution is 2.40. The Bertz CT molecular complexity index is 678. The van der Waals surface area contributed by atoms with E-state index in [9.17, 15) is 18.0 Å². The Morgan fingerprint density at radius 1 is 1.18 bits per heavy atom. The molecule has 0 unspecified atom stereocenters. The highest BCUT2D eigenvalue weighted by molar-refractivity contribution is 5.92. The van der Waals surface area contributed by atoms with Gasteiger partial charge in [-0.2, -0.15) is 13.2 Å². The molecule has 28 heavy (non-hydrogen) atoms. The first-order valence-corrected chi connectivity index (χ1v) is 9.59. The van der Waals surface area contributed by atoms with Crippen molar-refractivity contribution in [1.29, 1.82) is 0 Å². The van der Waals surface area contributed by atoms with Crippen molar-refractivity contribution in [1.82, 2.24) is 9.80 Å². The van der Waals surface area contributed by atoms with E-state index >= 15 is 0 Å². The Hall–Kier alpha value is -2.03. The van der Waals surface area contributed by atoms with Gasteiger partial charge in [-0.3, -0.25) is 4.79 Å². The number of likely N-dealkylation sites (tertiary alicyclic amines) is 2. The molecular formula is C19H25F3N2O4. The van der Waals surface area contributed by atoms with Crippen LogP contribution in [0.3, 0.4) is 0 Å². The molecule has 3 heterocycles. The molecule has 0 bridgehead atoms. The molecule has 1 aliphatic carbocycles. The minimum Gasteiger partial charge on any atom is -0.475 e. The largest absolute Gasteiger partial charge is 0.490 e. The van der Waals surface area contributed by atoms with Crippen molar-refractivity contribution in [3.8, 4) is 0 Å². The van der Waals surface area contributed by atoms with Crippen molar-refractivity contribution >= 4 is 11.9 Å². The van der Waals surface area contributed by atoms with Crippen molar-refractivity contribution in [2.75, 3.05) is 26.2 Å². The van der Waals surface area contributed by atoms with E-state index in [-0.39, 0.29) is 11.4 Å². The Balaban J connectivity index is 0.000000279. The van der Waals surface area contributed by atoms with Gasteiger partial charge in [0, 0.05) is 31.7 Å². The number of halogens is 3. The molecule has 0 atom stereocenters. The highest BCUT2D eigenvalue weighted by atomic mass is 19.4. The Morgan fingerprint density at radius 2 is 1.82 bits per heavy atom. The molecule has 1 N–H and O–H groups in total. The molecule has 1 amide bonds. The van der Waals surface area contributed by atoms with E-state index in [1.54, 1.807) is 18.4 Å². The maximum absolute atomic E-state index is 12.7. The summed E-state index contributed by atoms with van der Waals surface area (Å²) in [6.07, 6.45) is 3.91. The van der Waals surface area contributed by atoms with Gasteiger partial charge in [0.05, 0.1) is 6.26 Å². The van der Waals surface area contributed by atoms with E-state index in [1.165, 1.54) is 19.4 Å². The summed E-state index contributed by atoms with van der Waals surface area (Å²) < 4.78 is 37.1. The predicted molar refractivity (Wildman–Crippen MR) is 93.8 cm³/mol. The molecule has 2 saturated heterocycles. The van der Waals surface area contributed by atoms with Crippen LogP contribution in [0.4, 0.5) is 13.2 Å². The lowest BCUT2D eigenvalue weighted by Crippen LogP contribution is -2.54. The second kappa shape index (κ2) is 8.14. The van der Waals surface area contributed by atoms with Gasteiger partial charge in [-0.25, -0.2) is 4.79 Å². The third-order valence-electron chi connectivity index (χ3n) is 5.82. The Labute approximate surface area is 161 Å². The Morgan fingerprint density at radius 3 is 2.32 bits per heavy atom. The number of hydrogen-bond acceptors (Lipinski definition) is 4. The fourth-order valence-electron chi connectivity index (χ4n) is 4.13. The molecule has 3 aliphatic rings. The van der Waals surface area contributed by atoms with Crippen LogP contribution < -0.4 is 0 Å². The van der Waals surface area contributed by atoms with Crippen molar-refractivity contribution in [3.63, 3.8) is 0 Å². The van der Waals surface area contributed by atoms with Crippen molar-refractivity contribution < 1.29 is 32.3 Å². The summed E-state index contributed by atoms with van der Waals surface area (Å²) in [5.41, 5.74) is 0.101. The average molecular weight is 402 g/mol. The fraction of sp³-hybridized carbons (Fsp3) is 0.684. The van der Waals surface area contributed by atoms with Crippen LogP contribution in [0.25, 0.3) is 0 Å².